The fourth-order valence-corrected chi connectivity index (χ4v) is 3.61. The molecule has 8 nitrogen and oxygen atoms in total. The number of aromatic amines is 1. The number of likely N-dealkylation sites (tertiary alicyclic amines) is 1. The molecule has 2 aromatic rings. The topological polar surface area (TPSA) is 101 Å². The Kier molecular flexibility index (Phi) is 4.75. The molecule has 0 saturated carbocycles. The van der Waals surface area contributed by atoms with Crippen molar-refractivity contribution in [2.45, 2.75) is 25.2 Å². The quantitative estimate of drug-likeness (QED) is 0.880. The predicted molar refractivity (Wildman–Crippen MR) is 93.4 cm³/mol. The van der Waals surface area contributed by atoms with E-state index in [-0.39, 0.29) is 23.3 Å². The largest absolute Gasteiger partial charge is 0.381 e. The van der Waals surface area contributed by atoms with Gasteiger partial charge < -0.3 is 14.6 Å². The smallest absolute Gasteiger partial charge is 0.251 e. The van der Waals surface area contributed by atoms with Gasteiger partial charge in [-0.1, -0.05) is 0 Å². The minimum Gasteiger partial charge on any atom is -0.381 e. The first-order chi connectivity index (χ1) is 12.7. The van der Waals surface area contributed by atoms with Crippen LogP contribution in [-0.4, -0.2) is 57.0 Å². The Morgan fingerprint density at radius 2 is 2.08 bits per heavy atom. The summed E-state index contributed by atoms with van der Waals surface area (Å²) in [6, 6.07) is 1.55. The number of carbonyl (C=O) groups is 1. The number of aromatic nitrogens is 4. The maximum Gasteiger partial charge on any atom is 0.251 e. The summed E-state index contributed by atoms with van der Waals surface area (Å²) in [6.07, 6.45) is 7.14. The Morgan fingerprint density at radius 1 is 1.23 bits per heavy atom. The van der Waals surface area contributed by atoms with E-state index in [2.05, 4.69) is 19.9 Å². The third-order valence-corrected chi connectivity index (χ3v) is 5.07. The van der Waals surface area contributed by atoms with E-state index in [0.29, 0.717) is 37.8 Å². The van der Waals surface area contributed by atoms with Crippen LogP contribution in [0.3, 0.4) is 0 Å². The number of rotatable bonds is 3. The third-order valence-electron chi connectivity index (χ3n) is 5.07. The first kappa shape index (κ1) is 16.8. The summed E-state index contributed by atoms with van der Waals surface area (Å²) in [7, 11) is 0. The van der Waals surface area contributed by atoms with E-state index in [9.17, 15) is 9.59 Å². The number of ether oxygens (including phenoxy) is 1. The van der Waals surface area contributed by atoms with Gasteiger partial charge in [-0.2, -0.15) is 0 Å². The number of nitrogens with one attached hydrogen (secondary N) is 1. The van der Waals surface area contributed by atoms with Crippen molar-refractivity contribution < 1.29 is 9.53 Å². The summed E-state index contributed by atoms with van der Waals surface area (Å²) in [4.78, 5) is 42.0. The average Bonchev–Trinajstić information content (AvgIpc) is 3.22. The second-order valence-corrected chi connectivity index (χ2v) is 6.77. The molecule has 0 radical (unpaired) electrons. The number of amides is 1. The normalized spacial score (nSPS) is 21.1. The third kappa shape index (κ3) is 3.50. The number of piperidine rings is 1. The molecule has 0 spiro atoms. The van der Waals surface area contributed by atoms with Gasteiger partial charge >= 0.3 is 0 Å². The molecule has 0 aromatic carbocycles. The van der Waals surface area contributed by atoms with Gasteiger partial charge in [-0.25, -0.2) is 9.97 Å². The molecule has 0 bridgehead atoms. The lowest BCUT2D eigenvalue weighted by Gasteiger charge is -2.33. The molecule has 1 atom stereocenters. The van der Waals surface area contributed by atoms with Crippen LogP contribution in [0.2, 0.25) is 0 Å². The molecule has 0 aliphatic carbocycles. The van der Waals surface area contributed by atoms with Crippen LogP contribution in [0.4, 0.5) is 0 Å². The second-order valence-electron chi connectivity index (χ2n) is 6.77. The van der Waals surface area contributed by atoms with Crippen LogP contribution < -0.4 is 5.56 Å². The highest BCUT2D eigenvalue weighted by Gasteiger charge is 2.31. The van der Waals surface area contributed by atoms with Gasteiger partial charge in [0, 0.05) is 44.1 Å². The van der Waals surface area contributed by atoms with Crippen molar-refractivity contribution in [2.24, 2.45) is 5.92 Å². The minimum absolute atomic E-state index is 0.00695. The number of carbonyl (C=O) groups excluding carboxylic acids is 1. The summed E-state index contributed by atoms with van der Waals surface area (Å²) >= 11 is 0. The Bertz CT molecular complexity index is 824. The number of nitrogens with zero attached hydrogens (tertiary/aromatic N) is 4. The molecule has 2 aliphatic heterocycles. The molecule has 2 aromatic heterocycles. The van der Waals surface area contributed by atoms with Crippen LogP contribution in [-0.2, 0) is 9.53 Å². The molecule has 1 N–H and O–H groups in total. The van der Waals surface area contributed by atoms with Crippen molar-refractivity contribution in [1.82, 2.24) is 24.8 Å². The molecule has 2 fully saturated rings. The summed E-state index contributed by atoms with van der Waals surface area (Å²) in [5.41, 5.74) is 1.10. The molecule has 8 heteroatoms. The van der Waals surface area contributed by atoms with Gasteiger partial charge in [0.2, 0.25) is 5.91 Å². The maximum atomic E-state index is 12.5. The van der Waals surface area contributed by atoms with E-state index in [4.69, 9.17) is 4.74 Å². The average molecular weight is 355 g/mol. The lowest BCUT2D eigenvalue weighted by molar-refractivity contribution is -0.136. The summed E-state index contributed by atoms with van der Waals surface area (Å²) in [6.45, 7) is 2.59. The van der Waals surface area contributed by atoms with Gasteiger partial charge in [-0.05, 0) is 19.3 Å². The van der Waals surface area contributed by atoms with Crippen molar-refractivity contribution in [3.63, 3.8) is 0 Å². The Balaban J connectivity index is 1.47. The highest BCUT2D eigenvalue weighted by atomic mass is 16.5. The van der Waals surface area contributed by atoms with Crippen LogP contribution in [0, 0.1) is 5.92 Å². The standard InChI is InChI=1S/C18H21N5O3/c24-16-9-14(21-17(22-16)15-10-19-4-5-20-15)12-1-6-23(7-2-12)18(25)13-3-8-26-11-13/h4-5,9-10,12-13H,1-3,6-8,11H2,(H,21,22,24)/t13-/m0/s1. The van der Waals surface area contributed by atoms with Gasteiger partial charge in [0.05, 0.1) is 24.4 Å². The first-order valence-corrected chi connectivity index (χ1v) is 8.95. The van der Waals surface area contributed by atoms with Crippen LogP contribution in [0.1, 0.15) is 30.9 Å². The second kappa shape index (κ2) is 7.33. The van der Waals surface area contributed by atoms with E-state index in [1.165, 1.54) is 0 Å². The van der Waals surface area contributed by atoms with Crippen LogP contribution in [0.25, 0.3) is 11.5 Å². The SMILES string of the molecule is O=C([C@H]1CCOC1)N1CCC(c2cc(=O)[nH]c(-c3cnccn3)n2)CC1. The van der Waals surface area contributed by atoms with Crippen molar-refractivity contribution in [3.8, 4) is 11.5 Å². The monoisotopic (exact) mass is 355 g/mol. The van der Waals surface area contributed by atoms with Gasteiger partial charge in [0.15, 0.2) is 5.82 Å². The molecule has 4 heterocycles. The van der Waals surface area contributed by atoms with Crippen LogP contribution >= 0.6 is 0 Å². The fraction of sp³-hybridized carbons (Fsp3) is 0.500. The van der Waals surface area contributed by atoms with E-state index in [0.717, 1.165) is 25.0 Å². The lowest BCUT2D eigenvalue weighted by atomic mass is 9.92. The minimum atomic E-state index is -0.197. The van der Waals surface area contributed by atoms with Crippen molar-refractivity contribution in [3.05, 3.63) is 40.7 Å². The van der Waals surface area contributed by atoms with Gasteiger partial charge in [0.25, 0.3) is 5.56 Å². The lowest BCUT2D eigenvalue weighted by Crippen LogP contribution is -2.41. The van der Waals surface area contributed by atoms with Crippen molar-refractivity contribution in [2.75, 3.05) is 26.3 Å². The number of hydrogen-bond donors (Lipinski definition) is 1. The number of hydrogen-bond acceptors (Lipinski definition) is 6. The van der Waals surface area contributed by atoms with Gasteiger partial charge in [-0.3, -0.25) is 14.6 Å². The molecule has 136 valence electrons. The van der Waals surface area contributed by atoms with Crippen molar-refractivity contribution >= 4 is 5.91 Å². The van der Waals surface area contributed by atoms with Gasteiger partial charge in [-0.15, -0.1) is 0 Å². The number of H-pyrrole nitrogens is 1. The molecule has 0 unspecified atom stereocenters. The van der Waals surface area contributed by atoms with E-state index in [1.807, 2.05) is 4.90 Å². The zero-order chi connectivity index (χ0) is 17.9. The molecule has 26 heavy (non-hydrogen) atoms. The van der Waals surface area contributed by atoms with E-state index in [1.54, 1.807) is 24.7 Å². The highest BCUT2D eigenvalue weighted by Crippen LogP contribution is 2.28. The maximum absolute atomic E-state index is 12.5. The molecule has 4 rings (SSSR count). The molecule has 1 amide bonds. The Labute approximate surface area is 150 Å². The predicted octanol–water partition coefficient (Wildman–Crippen LogP) is 0.969. The van der Waals surface area contributed by atoms with Gasteiger partial charge in [0.1, 0.15) is 5.69 Å². The van der Waals surface area contributed by atoms with Crippen LogP contribution in [0.15, 0.2) is 29.5 Å². The zero-order valence-electron chi connectivity index (χ0n) is 14.4. The molecule has 2 aliphatic rings. The molecule has 2 saturated heterocycles. The fourth-order valence-electron chi connectivity index (χ4n) is 3.61. The summed E-state index contributed by atoms with van der Waals surface area (Å²) < 4.78 is 5.32. The summed E-state index contributed by atoms with van der Waals surface area (Å²) in [5.74, 6) is 0.798. The Morgan fingerprint density at radius 3 is 2.77 bits per heavy atom. The van der Waals surface area contributed by atoms with Crippen LogP contribution in [0.5, 0.6) is 0 Å². The van der Waals surface area contributed by atoms with E-state index >= 15 is 0 Å². The summed E-state index contributed by atoms with van der Waals surface area (Å²) in [5, 5.41) is 0. The Hall–Kier alpha value is -2.61. The first-order valence-electron chi connectivity index (χ1n) is 8.95. The van der Waals surface area contributed by atoms with E-state index < -0.39 is 0 Å². The van der Waals surface area contributed by atoms with Crippen molar-refractivity contribution in [1.29, 1.82) is 0 Å². The molecular weight excluding hydrogens is 334 g/mol. The molecular formula is C18H21N5O3. The highest BCUT2D eigenvalue weighted by molar-refractivity contribution is 5.79. The zero-order valence-corrected chi connectivity index (χ0v) is 14.4.